The van der Waals surface area contributed by atoms with Gasteiger partial charge in [0.15, 0.2) is 0 Å². The van der Waals surface area contributed by atoms with E-state index in [4.69, 9.17) is 11.6 Å². The van der Waals surface area contributed by atoms with Gasteiger partial charge in [-0.15, -0.1) is 0 Å². The molecule has 1 aromatic carbocycles. The first kappa shape index (κ1) is 16.2. The average molecular weight is 385 g/mol. The number of alkyl halides is 1. The van der Waals surface area contributed by atoms with Crippen molar-refractivity contribution in [3.8, 4) is 0 Å². The second kappa shape index (κ2) is 6.73. The van der Waals surface area contributed by atoms with Crippen LogP contribution in [0, 0.1) is 5.82 Å². The van der Waals surface area contributed by atoms with Crippen molar-refractivity contribution in [1.29, 1.82) is 0 Å². The number of hydrogen-bond acceptors (Lipinski definition) is 2. The molecule has 0 aromatic heterocycles. The standard InChI is InChI=1S/C13H16BrClFNO2S/c14-10-4-2-1-3-5-12(10)17-20(18,19)13-8-9(16)6-7-11(13)15/h6-8,10,12,17H,1-5H2. The molecule has 1 saturated carbocycles. The highest BCUT2D eigenvalue weighted by atomic mass is 79.9. The summed E-state index contributed by atoms with van der Waals surface area (Å²) in [5, 5.41) is 0.0265. The van der Waals surface area contributed by atoms with Crippen LogP contribution in [0.2, 0.25) is 5.02 Å². The van der Waals surface area contributed by atoms with Crippen LogP contribution in [0.15, 0.2) is 23.1 Å². The number of hydrogen-bond donors (Lipinski definition) is 1. The molecule has 2 atom stereocenters. The largest absolute Gasteiger partial charge is 0.242 e. The minimum atomic E-state index is -3.81. The Kier molecular flexibility index (Phi) is 5.45. The van der Waals surface area contributed by atoms with Gasteiger partial charge >= 0.3 is 0 Å². The van der Waals surface area contributed by atoms with Gasteiger partial charge < -0.3 is 0 Å². The van der Waals surface area contributed by atoms with Crippen LogP contribution in [0.5, 0.6) is 0 Å². The Hall–Kier alpha value is -0.170. The number of sulfonamides is 1. The summed E-state index contributed by atoms with van der Waals surface area (Å²) in [7, 11) is -3.81. The molecule has 112 valence electrons. The topological polar surface area (TPSA) is 46.2 Å². The minimum Gasteiger partial charge on any atom is -0.207 e. The first-order chi connectivity index (χ1) is 9.40. The van der Waals surface area contributed by atoms with Crippen molar-refractivity contribution >= 4 is 37.6 Å². The zero-order chi connectivity index (χ0) is 14.8. The summed E-state index contributed by atoms with van der Waals surface area (Å²) in [5.41, 5.74) is 0. The van der Waals surface area contributed by atoms with E-state index >= 15 is 0 Å². The molecule has 1 aliphatic carbocycles. The van der Waals surface area contributed by atoms with E-state index in [9.17, 15) is 12.8 Å². The molecule has 2 unspecified atom stereocenters. The molecule has 3 nitrogen and oxygen atoms in total. The highest BCUT2D eigenvalue weighted by Crippen LogP contribution is 2.27. The first-order valence-electron chi connectivity index (χ1n) is 6.51. The van der Waals surface area contributed by atoms with Gasteiger partial charge in [0.25, 0.3) is 0 Å². The molecule has 1 N–H and O–H groups in total. The summed E-state index contributed by atoms with van der Waals surface area (Å²) >= 11 is 9.40. The van der Waals surface area contributed by atoms with Crippen molar-refractivity contribution in [2.45, 2.75) is 47.9 Å². The second-order valence-corrected chi connectivity index (χ2v) is 8.22. The fourth-order valence-electron chi connectivity index (χ4n) is 2.34. The zero-order valence-corrected chi connectivity index (χ0v) is 13.9. The van der Waals surface area contributed by atoms with Crippen molar-refractivity contribution in [3.05, 3.63) is 29.0 Å². The van der Waals surface area contributed by atoms with Crippen LogP contribution < -0.4 is 4.72 Å². The highest BCUT2D eigenvalue weighted by Gasteiger charge is 2.28. The minimum absolute atomic E-state index is 0.0265. The Labute approximate surface area is 132 Å². The number of rotatable bonds is 3. The summed E-state index contributed by atoms with van der Waals surface area (Å²) in [6.45, 7) is 0. The van der Waals surface area contributed by atoms with Crippen molar-refractivity contribution in [1.82, 2.24) is 4.72 Å². The second-order valence-electron chi connectivity index (χ2n) is 4.96. The lowest BCUT2D eigenvalue weighted by molar-refractivity contribution is 0.520. The van der Waals surface area contributed by atoms with Gasteiger partial charge in [-0.05, 0) is 31.0 Å². The number of benzene rings is 1. The fourth-order valence-corrected chi connectivity index (χ4v) is 5.06. The first-order valence-corrected chi connectivity index (χ1v) is 9.29. The van der Waals surface area contributed by atoms with Crippen molar-refractivity contribution < 1.29 is 12.8 Å². The predicted molar refractivity (Wildman–Crippen MR) is 81.3 cm³/mol. The van der Waals surface area contributed by atoms with Crippen molar-refractivity contribution in [2.24, 2.45) is 0 Å². The lowest BCUT2D eigenvalue weighted by atomic mass is 10.1. The maximum Gasteiger partial charge on any atom is 0.242 e. The van der Waals surface area contributed by atoms with Crippen molar-refractivity contribution in [3.63, 3.8) is 0 Å². The third kappa shape index (κ3) is 3.93. The maximum atomic E-state index is 13.2. The molecular weight excluding hydrogens is 369 g/mol. The molecule has 0 saturated heterocycles. The average Bonchev–Trinajstić information content (AvgIpc) is 2.57. The van der Waals surface area contributed by atoms with Gasteiger partial charge in [0.1, 0.15) is 10.7 Å². The molecule has 0 radical (unpaired) electrons. The molecule has 0 heterocycles. The van der Waals surface area contributed by atoms with Gasteiger partial charge in [0, 0.05) is 10.9 Å². The Bertz CT molecular complexity index is 582. The van der Waals surface area contributed by atoms with Crippen LogP contribution in [0.1, 0.15) is 32.1 Å². The Morgan fingerprint density at radius 1 is 1.25 bits per heavy atom. The normalized spacial score (nSPS) is 24.4. The molecule has 1 aromatic rings. The Morgan fingerprint density at radius 2 is 1.95 bits per heavy atom. The van der Waals surface area contributed by atoms with Crippen LogP contribution in [-0.4, -0.2) is 19.3 Å². The van der Waals surface area contributed by atoms with Gasteiger partial charge in [-0.3, -0.25) is 0 Å². The van der Waals surface area contributed by atoms with E-state index in [1.54, 1.807) is 0 Å². The SMILES string of the molecule is O=S(=O)(NC1CCCCCC1Br)c1cc(F)ccc1Cl. The Balaban J connectivity index is 2.24. The van der Waals surface area contributed by atoms with Crippen LogP contribution in [0.25, 0.3) is 0 Å². The number of halogens is 3. The molecule has 1 aliphatic rings. The Morgan fingerprint density at radius 3 is 2.70 bits per heavy atom. The summed E-state index contributed by atoms with van der Waals surface area (Å²) in [6, 6.07) is 3.15. The van der Waals surface area contributed by atoms with Crippen LogP contribution >= 0.6 is 27.5 Å². The molecule has 0 amide bonds. The van der Waals surface area contributed by atoms with Gasteiger partial charge in [-0.25, -0.2) is 17.5 Å². The van der Waals surface area contributed by atoms with Gasteiger partial charge in [-0.2, -0.15) is 0 Å². The fraction of sp³-hybridized carbons (Fsp3) is 0.538. The van der Waals surface area contributed by atoms with E-state index in [1.807, 2.05) is 0 Å². The van der Waals surface area contributed by atoms with Gasteiger partial charge in [0.2, 0.25) is 10.0 Å². The lowest BCUT2D eigenvalue weighted by Crippen LogP contribution is -2.40. The summed E-state index contributed by atoms with van der Waals surface area (Å²) in [4.78, 5) is -0.116. The number of nitrogens with one attached hydrogen (secondary N) is 1. The highest BCUT2D eigenvalue weighted by molar-refractivity contribution is 9.09. The zero-order valence-electron chi connectivity index (χ0n) is 10.8. The third-order valence-corrected chi connectivity index (χ3v) is 6.49. The molecule has 7 heteroatoms. The predicted octanol–water partition coefficient (Wildman–Crippen LogP) is 3.85. The monoisotopic (exact) mass is 383 g/mol. The van der Waals surface area contributed by atoms with E-state index in [0.717, 1.165) is 44.2 Å². The smallest absolute Gasteiger partial charge is 0.207 e. The molecular formula is C13H16BrClFNO2S. The van der Waals surface area contributed by atoms with E-state index < -0.39 is 15.8 Å². The van der Waals surface area contributed by atoms with Gasteiger partial charge in [-0.1, -0.05) is 46.8 Å². The van der Waals surface area contributed by atoms with E-state index in [0.29, 0.717) is 0 Å². The quantitative estimate of drug-likeness (QED) is 0.635. The molecule has 20 heavy (non-hydrogen) atoms. The van der Waals surface area contributed by atoms with Gasteiger partial charge in [0.05, 0.1) is 5.02 Å². The van der Waals surface area contributed by atoms with E-state index in [2.05, 4.69) is 20.7 Å². The maximum absolute atomic E-state index is 13.2. The van der Waals surface area contributed by atoms with Crippen molar-refractivity contribution in [2.75, 3.05) is 0 Å². The van der Waals surface area contributed by atoms with Crippen LogP contribution in [-0.2, 0) is 10.0 Å². The molecule has 0 spiro atoms. The summed E-state index contributed by atoms with van der Waals surface area (Å²) in [5.74, 6) is -0.619. The van der Waals surface area contributed by atoms with E-state index in [-0.39, 0.29) is 20.8 Å². The summed E-state index contributed by atoms with van der Waals surface area (Å²) < 4.78 is 40.6. The molecule has 1 fully saturated rings. The third-order valence-electron chi connectivity index (χ3n) is 3.42. The molecule has 2 rings (SSSR count). The van der Waals surface area contributed by atoms with Crippen LogP contribution in [0.3, 0.4) is 0 Å². The molecule has 0 bridgehead atoms. The summed E-state index contributed by atoms with van der Waals surface area (Å²) in [6.07, 6.45) is 4.84. The molecule has 0 aliphatic heterocycles. The van der Waals surface area contributed by atoms with E-state index in [1.165, 1.54) is 6.07 Å². The lowest BCUT2D eigenvalue weighted by Gasteiger charge is -2.21. The van der Waals surface area contributed by atoms with Crippen LogP contribution in [0.4, 0.5) is 4.39 Å².